The van der Waals surface area contributed by atoms with Gasteiger partial charge in [-0.05, 0) is 23.3 Å². The molecule has 3 rings (SSSR count). The summed E-state index contributed by atoms with van der Waals surface area (Å²) < 4.78 is 11.9. The summed E-state index contributed by atoms with van der Waals surface area (Å²) in [5.74, 6) is -0.178. The Morgan fingerprint density at radius 1 is 0.522 bits per heavy atom. The standard InChI is InChI=1S/2C8H8.C6H5F/c2*1-2-8-6-4-3-5-7-8;7-6-4-2-1-3-5-6/h2*2-7H,1H2;1-5H. The Kier molecular flexibility index (Phi) is 9.22. The van der Waals surface area contributed by atoms with E-state index in [9.17, 15) is 4.39 Å². The van der Waals surface area contributed by atoms with Crippen molar-refractivity contribution in [3.63, 3.8) is 0 Å². The number of benzene rings is 3. The topological polar surface area (TPSA) is 0 Å². The van der Waals surface area contributed by atoms with Gasteiger partial charge in [0.15, 0.2) is 0 Å². The number of hydrogen-bond donors (Lipinski definition) is 0. The van der Waals surface area contributed by atoms with Crippen LogP contribution in [0.4, 0.5) is 4.39 Å². The molecule has 116 valence electrons. The Labute approximate surface area is 138 Å². The van der Waals surface area contributed by atoms with E-state index in [1.54, 1.807) is 18.2 Å². The summed E-state index contributed by atoms with van der Waals surface area (Å²) in [6, 6.07) is 28.0. The highest BCUT2D eigenvalue weighted by Crippen LogP contribution is 1.98. The molecule has 23 heavy (non-hydrogen) atoms. The Morgan fingerprint density at radius 3 is 1.00 bits per heavy atom. The molecule has 0 saturated heterocycles. The zero-order valence-electron chi connectivity index (χ0n) is 13.1. The van der Waals surface area contributed by atoms with Crippen LogP contribution in [0.3, 0.4) is 0 Å². The van der Waals surface area contributed by atoms with E-state index in [4.69, 9.17) is 0 Å². The fourth-order valence-electron chi connectivity index (χ4n) is 1.59. The van der Waals surface area contributed by atoms with E-state index in [0.29, 0.717) is 0 Å². The molecule has 0 saturated carbocycles. The van der Waals surface area contributed by atoms with Gasteiger partial charge in [-0.25, -0.2) is 4.39 Å². The van der Waals surface area contributed by atoms with E-state index in [1.165, 1.54) is 23.3 Å². The van der Waals surface area contributed by atoms with Gasteiger partial charge in [0, 0.05) is 0 Å². The highest BCUT2D eigenvalue weighted by atomic mass is 19.1. The lowest BCUT2D eigenvalue weighted by atomic mass is 10.2. The summed E-state index contributed by atoms with van der Waals surface area (Å²) >= 11 is 0. The van der Waals surface area contributed by atoms with Crippen molar-refractivity contribution in [1.29, 1.82) is 0 Å². The molecule has 0 heterocycles. The normalized spacial score (nSPS) is 8.57. The number of rotatable bonds is 2. The molecule has 0 amide bonds. The van der Waals surface area contributed by atoms with Gasteiger partial charge in [-0.1, -0.05) is 104 Å². The second kappa shape index (κ2) is 11.7. The van der Waals surface area contributed by atoms with Crippen molar-refractivity contribution in [2.45, 2.75) is 0 Å². The Balaban J connectivity index is 0.000000173. The van der Waals surface area contributed by atoms with Crippen LogP contribution in [0.5, 0.6) is 0 Å². The number of halogens is 1. The van der Waals surface area contributed by atoms with Gasteiger partial charge in [0.05, 0.1) is 0 Å². The van der Waals surface area contributed by atoms with Gasteiger partial charge in [-0.3, -0.25) is 0 Å². The van der Waals surface area contributed by atoms with Crippen molar-refractivity contribution in [3.8, 4) is 0 Å². The molecule has 0 N–H and O–H groups in total. The molecule has 0 spiro atoms. The molecule has 0 unspecified atom stereocenters. The second-order valence-corrected chi connectivity index (χ2v) is 4.53. The van der Waals surface area contributed by atoms with Gasteiger partial charge in [-0.15, -0.1) is 0 Å². The van der Waals surface area contributed by atoms with Gasteiger partial charge in [0.2, 0.25) is 0 Å². The maximum absolute atomic E-state index is 11.9. The third-order valence-electron chi connectivity index (χ3n) is 2.80. The third-order valence-corrected chi connectivity index (χ3v) is 2.80. The minimum atomic E-state index is -0.178. The molecule has 1 heteroatoms. The first-order chi connectivity index (χ1) is 11.3. The highest BCUT2D eigenvalue weighted by molar-refractivity contribution is 5.46. The largest absolute Gasteiger partial charge is 0.207 e. The molecule has 0 aliphatic carbocycles. The van der Waals surface area contributed by atoms with Crippen LogP contribution >= 0.6 is 0 Å². The van der Waals surface area contributed by atoms with Gasteiger partial charge in [-0.2, -0.15) is 0 Å². The average Bonchev–Trinajstić information content (AvgIpc) is 2.65. The molecule has 0 atom stereocenters. The summed E-state index contributed by atoms with van der Waals surface area (Å²) in [5, 5.41) is 0. The minimum Gasteiger partial charge on any atom is -0.207 e. The smallest absolute Gasteiger partial charge is 0.123 e. The zero-order valence-corrected chi connectivity index (χ0v) is 13.1. The van der Waals surface area contributed by atoms with E-state index in [0.717, 1.165) is 0 Å². The lowest BCUT2D eigenvalue weighted by molar-refractivity contribution is 0.628. The van der Waals surface area contributed by atoms with E-state index in [-0.39, 0.29) is 5.82 Å². The molecule has 3 aromatic rings. The van der Waals surface area contributed by atoms with Crippen LogP contribution in [0.25, 0.3) is 12.2 Å². The van der Waals surface area contributed by atoms with Crippen LogP contribution in [0.15, 0.2) is 104 Å². The summed E-state index contributed by atoms with van der Waals surface area (Å²) in [6.07, 6.45) is 3.67. The van der Waals surface area contributed by atoms with Gasteiger partial charge in [0.25, 0.3) is 0 Å². The maximum Gasteiger partial charge on any atom is 0.123 e. The van der Waals surface area contributed by atoms with Crippen molar-refractivity contribution in [2.75, 3.05) is 0 Å². The van der Waals surface area contributed by atoms with Crippen LogP contribution in [0, 0.1) is 5.82 Å². The van der Waals surface area contributed by atoms with E-state index in [2.05, 4.69) is 13.2 Å². The quantitative estimate of drug-likeness (QED) is 0.508. The summed E-state index contributed by atoms with van der Waals surface area (Å²) in [6.45, 7) is 7.26. The Hall–Kier alpha value is -2.93. The minimum absolute atomic E-state index is 0.178. The third kappa shape index (κ3) is 8.84. The molecule has 0 aliphatic heterocycles. The van der Waals surface area contributed by atoms with E-state index < -0.39 is 0 Å². The zero-order chi connectivity index (χ0) is 16.8. The summed E-state index contributed by atoms with van der Waals surface area (Å²) in [4.78, 5) is 0. The van der Waals surface area contributed by atoms with Crippen molar-refractivity contribution < 1.29 is 4.39 Å². The van der Waals surface area contributed by atoms with Crippen molar-refractivity contribution >= 4 is 12.2 Å². The molecule has 0 fully saturated rings. The lowest BCUT2D eigenvalue weighted by Crippen LogP contribution is -1.63. The van der Waals surface area contributed by atoms with Crippen LogP contribution in [-0.2, 0) is 0 Å². The van der Waals surface area contributed by atoms with Crippen molar-refractivity contribution in [2.24, 2.45) is 0 Å². The van der Waals surface area contributed by atoms with Gasteiger partial charge >= 0.3 is 0 Å². The monoisotopic (exact) mass is 304 g/mol. The summed E-state index contributed by atoms with van der Waals surface area (Å²) in [5.41, 5.74) is 2.35. The predicted octanol–water partition coefficient (Wildman–Crippen LogP) is 6.48. The Bertz CT molecular complexity index is 615. The summed E-state index contributed by atoms with van der Waals surface area (Å²) in [7, 11) is 0. The molecule has 0 radical (unpaired) electrons. The van der Waals surface area contributed by atoms with Gasteiger partial charge in [0.1, 0.15) is 5.82 Å². The molecule has 0 bridgehead atoms. The van der Waals surface area contributed by atoms with Crippen molar-refractivity contribution in [3.05, 3.63) is 121 Å². The van der Waals surface area contributed by atoms with Crippen LogP contribution in [0.2, 0.25) is 0 Å². The molecule has 0 aliphatic rings. The fourth-order valence-corrected chi connectivity index (χ4v) is 1.59. The number of hydrogen-bond acceptors (Lipinski definition) is 0. The first-order valence-corrected chi connectivity index (χ1v) is 7.31. The maximum atomic E-state index is 11.9. The predicted molar refractivity (Wildman–Crippen MR) is 99.5 cm³/mol. The first-order valence-electron chi connectivity index (χ1n) is 7.31. The Morgan fingerprint density at radius 2 is 0.826 bits per heavy atom. The molecular formula is C22H21F. The lowest BCUT2D eigenvalue weighted by Gasteiger charge is -1.85. The van der Waals surface area contributed by atoms with E-state index >= 15 is 0 Å². The van der Waals surface area contributed by atoms with Crippen LogP contribution in [-0.4, -0.2) is 0 Å². The van der Waals surface area contributed by atoms with Crippen molar-refractivity contribution in [1.82, 2.24) is 0 Å². The first kappa shape index (κ1) is 18.1. The second-order valence-electron chi connectivity index (χ2n) is 4.53. The SMILES string of the molecule is C=Cc1ccccc1.C=Cc1ccccc1.Fc1ccccc1. The molecule has 3 aromatic carbocycles. The van der Waals surface area contributed by atoms with E-state index in [1.807, 2.05) is 72.8 Å². The highest BCUT2D eigenvalue weighted by Gasteiger charge is 1.77. The molecule has 0 aromatic heterocycles. The molecular weight excluding hydrogens is 283 g/mol. The fraction of sp³-hybridized carbons (Fsp3) is 0. The van der Waals surface area contributed by atoms with Crippen LogP contribution in [0.1, 0.15) is 11.1 Å². The van der Waals surface area contributed by atoms with Gasteiger partial charge < -0.3 is 0 Å². The molecule has 0 nitrogen and oxygen atoms in total. The van der Waals surface area contributed by atoms with Crippen LogP contribution < -0.4 is 0 Å². The average molecular weight is 304 g/mol.